The topological polar surface area (TPSA) is 176 Å². The van der Waals surface area contributed by atoms with Crippen molar-refractivity contribution in [3.05, 3.63) is 70.3 Å². The molecule has 0 radical (unpaired) electrons. The van der Waals surface area contributed by atoms with Gasteiger partial charge in [-0.2, -0.15) is 0 Å². The number of aromatic amines is 2. The number of hydrogen-bond donors (Lipinski definition) is 4. The smallest absolute Gasteiger partial charge is 0.341 e. The lowest BCUT2D eigenvalue weighted by Crippen LogP contribution is -2.32. The second-order valence-corrected chi connectivity index (χ2v) is 9.23. The number of fused-ring (bicyclic) bond motifs is 1. The summed E-state index contributed by atoms with van der Waals surface area (Å²) in [5.41, 5.74) is 0.161. The molecule has 0 spiro atoms. The van der Waals surface area contributed by atoms with E-state index < -0.39 is 33.7 Å². The number of aryl methyl sites for hydroxylation is 1. The fraction of sp³-hybridized carbons (Fsp3) is 0.182. The molecule has 1 amide bonds. The molecular weight excluding hydrogens is 478 g/mol. The van der Waals surface area contributed by atoms with Crippen LogP contribution in [0.15, 0.2) is 62.7 Å². The Balaban J connectivity index is 1.53. The molecule has 4 N–H and O–H groups in total. The molecule has 0 aliphatic heterocycles. The molecule has 35 heavy (non-hydrogen) atoms. The van der Waals surface area contributed by atoms with Gasteiger partial charge in [0.25, 0.3) is 15.9 Å². The van der Waals surface area contributed by atoms with Gasteiger partial charge in [-0.3, -0.25) is 9.52 Å². The Bertz CT molecular complexity index is 1570. The minimum Gasteiger partial charge on any atom is -0.449 e. The van der Waals surface area contributed by atoms with E-state index in [1.54, 1.807) is 19.9 Å². The van der Waals surface area contributed by atoms with Gasteiger partial charge in [0, 0.05) is 6.07 Å². The molecule has 182 valence electrons. The van der Waals surface area contributed by atoms with Gasteiger partial charge in [0.15, 0.2) is 11.9 Å². The van der Waals surface area contributed by atoms with Crippen LogP contribution in [0.5, 0.6) is 0 Å². The highest BCUT2D eigenvalue weighted by Gasteiger charge is 2.26. The van der Waals surface area contributed by atoms with Crippen molar-refractivity contribution >= 4 is 44.4 Å². The molecule has 1 unspecified atom stereocenters. The van der Waals surface area contributed by atoms with Crippen molar-refractivity contribution in [1.82, 2.24) is 15.1 Å². The minimum absolute atomic E-state index is 0.0393. The van der Waals surface area contributed by atoms with Crippen LogP contribution in [0.2, 0.25) is 0 Å². The van der Waals surface area contributed by atoms with Crippen molar-refractivity contribution in [1.29, 1.82) is 0 Å². The van der Waals surface area contributed by atoms with Gasteiger partial charge in [-0.15, -0.1) is 0 Å². The number of esters is 1. The summed E-state index contributed by atoms with van der Waals surface area (Å²) in [6, 6.07) is 11.4. The molecule has 13 heteroatoms. The second kappa shape index (κ2) is 9.46. The zero-order chi connectivity index (χ0) is 25.2. The second-order valence-electron chi connectivity index (χ2n) is 7.55. The summed E-state index contributed by atoms with van der Waals surface area (Å²) in [6.45, 7) is 3.31. The highest BCUT2D eigenvalue weighted by molar-refractivity contribution is 7.92. The van der Waals surface area contributed by atoms with E-state index in [4.69, 9.17) is 9.26 Å². The van der Waals surface area contributed by atoms with E-state index in [0.29, 0.717) is 16.8 Å². The van der Waals surface area contributed by atoms with E-state index in [0.717, 1.165) is 0 Å². The number of carbonyl (C=O) groups excluding carboxylic acids is 2. The predicted octanol–water partition coefficient (Wildman–Crippen LogP) is 2.53. The number of H-pyrrole nitrogens is 2. The summed E-state index contributed by atoms with van der Waals surface area (Å²) in [5.74, 6) is -0.836. The van der Waals surface area contributed by atoms with Crippen LogP contribution >= 0.6 is 0 Å². The molecule has 0 bridgehead atoms. The molecule has 1 atom stereocenters. The largest absolute Gasteiger partial charge is 0.449 e. The third kappa shape index (κ3) is 5.24. The van der Waals surface area contributed by atoms with Crippen molar-refractivity contribution in [3.63, 3.8) is 0 Å². The molecule has 2 heterocycles. The molecular formula is C22H21N5O7S. The Morgan fingerprint density at radius 3 is 2.57 bits per heavy atom. The van der Waals surface area contributed by atoms with E-state index in [9.17, 15) is 22.8 Å². The van der Waals surface area contributed by atoms with Crippen LogP contribution in [0.25, 0.3) is 11.0 Å². The number of rotatable bonds is 8. The number of aromatic nitrogens is 3. The van der Waals surface area contributed by atoms with Crippen LogP contribution in [0.3, 0.4) is 0 Å². The number of benzene rings is 2. The molecule has 2 aromatic carbocycles. The van der Waals surface area contributed by atoms with Crippen molar-refractivity contribution < 1.29 is 27.3 Å². The summed E-state index contributed by atoms with van der Waals surface area (Å²) in [4.78, 5) is 41.8. The van der Waals surface area contributed by atoms with Gasteiger partial charge in [-0.05, 0) is 43.7 Å². The Labute approximate surface area is 198 Å². The fourth-order valence-corrected chi connectivity index (χ4v) is 4.39. The van der Waals surface area contributed by atoms with Crippen LogP contribution in [-0.2, 0) is 19.6 Å². The van der Waals surface area contributed by atoms with Gasteiger partial charge in [-0.1, -0.05) is 24.2 Å². The van der Waals surface area contributed by atoms with Gasteiger partial charge >= 0.3 is 11.7 Å². The summed E-state index contributed by atoms with van der Waals surface area (Å²) in [7, 11) is -4.13. The minimum atomic E-state index is -4.13. The van der Waals surface area contributed by atoms with Crippen LogP contribution in [0.1, 0.15) is 29.5 Å². The number of nitrogens with one attached hydrogen (secondary N) is 4. The Kier molecular flexibility index (Phi) is 6.42. The average molecular weight is 500 g/mol. The quantitative estimate of drug-likeness (QED) is 0.267. The Morgan fingerprint density at radius 2 is 1.86 bits per heavy atom. The predicted molar refractivity (Wildman–Crippen MR) is 126 cm³/mol. The number of hydrogen-bond acceptors (Lipinski definition) is 8. The van der Waals surface area contributed by atoms with Crippen molar-refractivity contribution in [2.24, 2.45) is 0 Å². The molecule has 0 fully saturated rings. The number of anilines is 2. The van der Waals surface area contributed by atoms with Crippen molar-refractivity contribution in [2.45, 2.75) is 31.3 Å². The maximum absolute atomic E-state index is 13.0. The van der Waals surface area contributed by atoms with Gasteiger partial charge in [0.05, 0.1) is 27.2 Å². The number of nitrogens with zero attached hydrogens (tertiary/aromatic N) is 1. The van der Waals surface area contributed by atoms with E-state index in [1.807, 2.05) is 0 Å². The zero-order valence-electron chi connectivity index (χ0n) is 18.6. The first-order valence-electron chi connectivity index (χ1n) is 10.5. The van der Waals surface area contributed by atoms with Crippen LogP contribution in [-0.4, -0.2) is 41.5 Å². The highest BCUT2D eigenvalue weighted by Crippen LogP contribution is 2.23. The van der Waals surface area contributed by atoms with E-state index in [2.05, 4.69) is 25.2 Å². The Hall–Kier alpha value is -4.39. The number of ether oxygens (including phenoxy) is 1. The lowest BCUT2D eigenvalue weighted by molar-refractivity contribution is -0.124. The third-order valence-electron chi connectivity index (χ3n) is 4.98. The van der Waals surface area contributed by atoms with Crippen LogP contribution in [0, 0.1) is 6.92 Å². The molecule has 0 saturated carbocycles. The van der Waals surface area contributed by atoms with Crippen LogP contribution in [0.4, 0.5) is 11.5 Å². The molecule has 2 aromatic heterocycles. The molecule has 4 aromatic rings. The highest BCUT2D eigenvalue weighted by atomic mass is 32.2. The number of sulfonamides is 1. The molecule has 0 saturated heterocycles. The van der Waals surface area contributed by atoms with Gasteiger partial charge in [-0.25, -0.2) is 18.0 Å². The lowest BCUT2D eigenvalue weighted by atomic mass is 10.2. The number of carbonyl (C=O) groups is 2. The average Bonchev–Trinajstić information content (AvgIpc) is 3.40. The molecule has 12 nitrogen and oxygen atoms in total. The maximum Gasteiger partial charge on any atom is 0.341 e. The van der Waals surface area contributed by atoms with Crippen molar-refractivity contribution in [2.75, 3.05) is 10.0 Å². The Morgan fingerprint density at radius 1 is 1.11 bits per heavy atom. The first-order chi connectivity index (χ1) is 16.7. The van der Waals surface area contributed by atoms with Gasteiger partial charge in [0.1, 0.15) is 5.76 Å². The fourth-order valence-electron chi connectivity index (χ4n) is 3.28. The lowest BCUT2D eigenvalue weighted by Gasteiger charge is -2.17. The van der Waals surface area contributed by atoms with Crippen molar-refractivity contribution in [3.8, 4) is 0 Å². The maximum atomic E-state index is 13.0. The van der Waals surface area contributed by atoms with E-state index in [1.165, 1.54) is 42.5 Å². The SMILES string of the molecule is CCC(OC(=O)c1ccccc1NS(=O)(=O)c1ccc2[nH]c(=O)[nH]c2c1)C(=O)Nc1cc(C)on1. The number of imidazole rings is 1. The summed E-state index contributed by atoms with van der Waals surface area (Å²) in [5, 5.41) is 6.17. The van der Waals surface area contributed by atoms with Gasteiger partial charge < -0.3 is 24.5 Å². The summed E-state index contributed by atoms with van der Waals surface area (Å²) < 4.78 is 38.6. The molecule has 4 rings (SSSR count). The van der Waals surface area contributed by atoms with E-state index in [-0.39, 0.29) is 28.4 Å². The molecule has 0 aliphatic rings. The normalized spacial score (nSPS) is 12.3. The van der Waals surface area contributed by atoms with E-state index >= 15 is 0 Å². The number of para-hydroxylation sites is 1. The summed E-state index contributed by atoms with van der Waals surface area (Å²) in [6.07, 6.45) is -0.992. The van der Waals surface area contributed by atoms with Gasteiger partial charge in [0.2, 0.25) is 0 Å². The number of amides is 1. The zero-order valence-corrected chi connectivity index (χ0v) is 19.4. The first-order valence-corrected chi connectivity index (χ1v) is 11.9. The first kappa shape index (κ1) is 23.8. The molecule has 0 aliphatic carbocycles. The monoisotopic (exact) mass is 499 g/mol. The third-order valence-corrected chi connectivity index (χ3v) is 6.34. The standard InChI is InChI=1S/C22H21N5O7S/c1-3-18(20(28)25-19-10-12(2)34-26-19)33-21(29)14-6-4-5-7-15(14)27-35(31,32)13-8-9-16-17(11-13)24-22(30)23-16/h4-11,18,27H,3H2,1-2H3,(H2,23,24,30)(H,25,26,28). The van der Waals surface area contributed by atoms with Crippen LogP contribution < -0.4 is 15.7 Å². The summed E-state index contributed by atoms with van der Waals surface area (Å²) >= 11 is 0.